The molecule has 6 unspecified atom stereocenters. The number of nitrogens with zero attached hydrogens (tertiary/aromatic N) is 1. The third-order valence-electron chi connectivity index (χ3n) is 12.6. The summed E-state index contributed by atoms with van der Waals surface area (Å²) in [5.74, 6) is 0.511. The molecule has 3 aliphatic rings. The van der Waals surface area contributed by atoms with Gasteiger partial charge < -0.3 is 36.3 Å². The maximum absolute atomic E-state index is 13.9. The van der Waals surface area contributed by atoms with Crippen molar-refractivity contribution >= 4 is 29.1 Å². The number of para-hydroxylation sites is 2. The van der Waals surface area contributed by atoms with Crippen LogP contribution in [0.25, 0.3) is 11.1 Å². The van der Waals surface area contributed by atoms with E-state index in [-0.39, 0.29) is 48.1 Å². The summed E-state index contributed by atoms with van der Waals surface area (Å²) in [5.41, 5.74) is 12.5. The summed E-state index contributed by atoms with van der Waals surface area (Å²) in [7, 11) is 0. The largest absolute Gasteiger partial charge is 0.397 e. The highest BCUT2D eigenvalue weighted by Crippen LogP contribution is 2.42. The molecule has 4 aromatic carbocycles. The van der Waals surface area contributed by atoms with Crippen LogP contribution in [-0.4, -0.2) is 58.0 Å². The monoisotopic (exact) mass is 843 g/mol. The van der Waals surface area contributed by atoms with Crippen LogP contribution in [0.1, 0.15) is 126 Å². The Balaban J connectivity index is 1.01. The number of amides is 3. The van der Waals surface area contributed by atoms with Gasteiger partial charge in [0.25, 0.3) is 0 Å². The Kier molecular flexibility index (Phi) is 15.1. The highest BCUT2D eigenvalue weighted by atomic mass is 16.7. The number of anilines is 2. The predicted molar refractivity (Wildman–Crippen MR) is 243 cm³/mol. The van der Waals surface area contributed by atoms with Crippen molar-refractivity contribution < 1.29 is 29.0 Å². The van der Waals surface area contributed by atoms with Gasteiger partial charge in [-0.15, -0.1) is 0 Å². The first-order chi connectivity index (χ1) is 29.9. The van der Waals surface area contributed by atoms with Crippen LogP contribution in [0.15, 0.2) is 97.1 Å². The number of nitrogen functional groups attached to an aromatic ring is 1. The molecule has 0 radical (unpaired) electrons. The summed E-state index contributed by atoms with van der Waals surface area (Å²) < 4.78 is 13.6. The number of fused-ring (bicyclic) bond motifs is 1. The van der Waals surface area contributed by atoms with Gasteiger partial charge >= 0.3 is 0 Å². The molecule has 0 spiro atoms. The number of piperidine rings is 1. The molecule has 0 aromatic heterocycles. The second-order valence-corrected chi connectivity index (χ2v) is 18.4. The van der Waals surface area contributed by atoms with Crippen LogP contribution in [0, 0.1) is 5.92 Å². The molecule has 11 nitrogen and oxygen atoms in total. The van der Waals surface area contributed by atoms with E-state index in [1.54, 1.807) is 12.1 Å². The highest BCUT2D eigenvalue weighted by Gasteiger charge is 2.44. The van der Waals surface area contributed by atoms with Gasteiger partial charge in [-0.1, -0.05) is 97.8 Å². The number of aliphatic hydroxyl groups is 1. The van der Waals surface area contributed by atoms with E-state index in [0.717, 1.165) is 52.6 Å². The molecular formula is C51H65N5O6. The maximum Gasteiger partial charge on any atom is 0.237 e. The van der Waals surface area contributed by atoms with Gasteiger partial charge in [0.2, 0.25) is 17.7 Å². The predicted octanol–water partition coefficient (Wildman–Crippen LogP) is 8.73. The number of nitrogens with one attached hydrogen (secondary N) is 3. The lowest BCUT2D eigenvalue weighted by molar-refractivity contribution is -0.255. The highest BCUT2D eigenvalue weighted by molar-refractivity contribution is 5.93. The molecule has 0 bridgehead atoms. The molecule has 330 valence electrons. The molecule has 2 saturated heterocycles. The van der Waals surface area contributed by atoms with Gasteiger partial charge in [-0.2, -0.15) is 0 Å². The number of carbonyl (C=O) groups excluding carboxylic acids is 3. The molecule has 1 saturated carbocycles. The van der Waals surface area contributed by atoms with E-state index in [1.165, 1.54) is 19.3 Å². The minimum absolute atomic E-state index is 0.0223. The van der Waals surface area contributed by atoms with Crippen molar-refractivity contribution in [3.8, 4) is 11.1 Å². The number of likely N-dealkylation sites (tertiary alicyclic amines) is 1. The fourth-order valence-corrected chi connectivity index (χ4v) is 9.45. The van der Waals surface area contributed by atoms with E-state index in [1.807, 2.05) is 75.4 Å². The first-order valence-electron chi connectivity index (χ1n) is 22.6. The van der Waals surface area contributed by atoms with Gasteiger partial charge in [0.1, 0.15) is 0 Å². The fraction of sp³-hybridized carbons (Fsp3) is 0.471. The molecule has 2 aliphatic heterocycles. The lowest BCUT2D eigenvalue weighted by atomic mass is 9.75. The minimum atomic E-state index is -0.629. The van der Waals surface area contributed by atoms with Crippen LogP contribution in [-0.2, 0) is 37.0 Å². The van der Waals surface area contributed by atoms with E-state index in [2.05, 4.69) is 51.2 Å². The standard InChI is InChI=1S/C51H65N5O6/c1-51(2,3)55-49(60)45-29-28-36-12-5-9-17-44(36)56(45)32-40-30-46(37-22-20-34(33-57)21-23-37)62-50(61-40)38-26-24-35(25-27-38)41-14-6-4-13-39(41)31-53-47(58)18-10-11-19-48(59)54-43-16-8-7-15-42(43)52/h4,6-8,13-16,20-27,36,40,44-46,50,57H,5,9-12,17-19,28-33,52H2,1-3H3,(H,53,58)(H,54,59)(H,55,60). The molecular weight excluding hydrogens is 779 g/mol. The SMILES string of the molecule is CC(C)(C)NC(=O)C1CCC2CCCCC2N1CC1CC(c2ccc(CO)cc2)OC(c2ccc(-c3ccccc3CNC(=O)CCCCC(=O)Nc3ccccc3N)cc2)O1. The zero-order valence-electron chi connectivity index (χ0n) is 36.6. The Bertz CT molecular complexity index is 2120. The number of carbonyl (C=O) groups is 3. The molecule has 4 aromatic rings. The summed E-state index contributed by atoms with van der Waals surface area (Å²) in [4.78, 5) is 41.6. The van der Waals surface area contributed by atoms with E-state index >= 15 is 0 Å². The molecule has 7 rings (SSSR count). The first kappa shape index (κ1) is 45.0. The van der Waals surface area contributed by atoms with Crippen molar-refractivity contribution in [2.45, 2.75) is 141 Å². The molecule has 1 aliphatic carbocycles. The summed E-state index contributed by atoms with van der Waals surface area (Å²) in [6.45, 7) is 7.13. The third-order valence-corrected chi connectivity index (χ3v) is 12.6. The number of aliphatic hydroxyl groups excluding tert-OH is 1. The van der Waals surface area contributed by atoms with Gasteiger partial charge in [0, 0.05) is 49.5 Å². The summed E-state index contributed by atoms with van der Waals surface area (Å²) >= 11 is 0. The average Bonchev–Trinajstić information content (AvgIpc) is 3.27. The van der Waals surface area contributed by atoms with Crippen molar-refractivity contribution in [1.29, 1.82) is 0 Å². The molecule has 62 heavy (non-hydrogen) atoms. The molecule has 3 fully saturated rings. The van der Waals surface area contributed by atoms with Crippen molar-refractivity contribution in [2.75, 3.05) is 17.6 Å². The van der Waals surface area contributed by atoms with E-state index in [9.17, 15) is 19.5 Å². The van der Waals surface area contributed by atoms with E-state index < -0.39 is 6.29 Å². The Morgan fingerprint density at radius 1 is 0.790 bits per heavy atom. The van der Waals surface area contributed by atoms with Gasteiger partial charge in [-0.3, -0.25) is 19.3 Å². The van der Waals surface area contributed by atoms with Crippen LogP contribution in [0.4, 0.5) is 11.4 Å². The Labute approximate surface area is 367 Å². The number of rotatable bonds is 15. The molecule has 6 N–H and O–H groups in total. The fourth-order valence-electron chi connectivity index (χ4n) is 9.45. The van der Waals surface area contributed by atoms with Gasteiger partial charge in [0.05, 0.1) is 36.2 Å². The maximum atomic E-state index is 13.9. The number of benzene rings is 4. The normalized spacial score (nSPS) is 22.9. The summed E-state index contributed by atoms with van der Waals surface area (Å²) in [6.07, 6.45) is 8.09. The van der Waals surface area contributed by atoms with Crippen molar-refractivity contribution in [2.24, 2.45) is 5.92 Å². The second-order valence-electron chi connectivity index (χ2n) is 18.4. The zero-order chi connectivity index (χ0) is 43.6. The zero-order valence-corrected chi connectivity index (χ0v) is 36.6. The van der Waals surface area contributed by atoms with Crippen molar-refractivity contribution in [3.05, 3.63) is 119 Å². The number of hydrogen-bond donors (Lipinski definition) is 5. The quantitative estimate of drug-likeness (QED) is 0.0588. The number of ether oxygens (including phenoxy) is 2. The topological polar surface area (TPSA) is 155 Å². The van der Waals surface area contributed by atoms with Gasteiger partial charge in [0.15, 0.2) is 6.29 Å². The summed E-state index contributed by atoms with van der Waals surface area (Å²) in [6, 6.07) is 31.6. The Hall–Kier alpha value is -5.07. The lowest BCUT2D eigenvalue weighted by Gasteiger charge is -2.50. The molecule has 11 heteroatoms. The van der Waals surface area contributed by atoms with Crippen molar-refractivity contribution in [3.63, 3.8) is 0 Å². The number of unbranched alkanes of at least 4 members (excludes halogenated alkanes) is 1. The van der Waals surface area contributed by atoms with Crippen LogP contribution in [0.3, 0.4) is 0 Å². The second kappa shape index (κ2) is 20.9. The minimum Gasteiger partial charge on any atom is -0.397 e. The first-order valence-corrected chi connectivity index (χ1v) is 22.6. The van der Waals surface area contributed by atoms with Crippen molar-refractivity contribution in [1.82, 2.24) is 15.5 Å². The summed E-state index contributed by atoms with van der Waals surface area (Å²) in [5, 5.41) is 18.9. The van der Waals surface area contributed by atoms with E-state index in [4.69, 9.17) is 15.2 Å². The number of hydrogen-bond acceptors (Lipinski definition) is 8. The Morgan fingerprint density at radius 3 is 2.23 bits per heavy atom. The molecule has 2 heterocycles. The van der Waals surface area contributed by atoms with Crippen LogP contribution >= 0.6 is 0 Å². The third kappa shape index (κ3) is 11.9. The van der Waals surface area contributed by atoms with Gasteiger partial charge in [-0.25, -0.2) is 0 Å². The Morgan fingerprint density at radius 2 is 1.48 bits per heavy atom. The lowest BCUT2D eigenvalue weighted by Crippen LogP contribution is -2.61. The molecule has 3 amide bonds. The average molecular weight is 844 g/mol. The number of nitrogens with two attached hydrogens (primary N) is 1. The van der Waals surface area contributed by atoms with Gasteiger partial charge in [-0.05, 0) is 105 Å². The smallest absolute Gasteiger partial charge is 0.237 e. The van der Waals surface area contributed by atoms with Crippen LogP contribution < -0.4 is 21.7 Å². The van der Waals surface area contributed by atoms with Crippen LogP contribution in [0.2, 0.25) is 0 Å². The van der Waals surface area contributed by atoms with E-state index in [0.29, 0.717) is 68.5 Å². The van der Waals surface area contributed by atoms with Crippen LogP contribution in [0.5, 0.6) is 0 Å². The molecule has 6 atom stereocenters.